The van der Waals surface area contributed by atoms with Gasteiger partial charge in [0.25, 0.3) is 0 Å². The summed E-state index contributed by atoms with van der Waals surface area (Å²) < 4.78 is 0. The van der Waals surface area contributed by atoms with Crippen molar-refractivity contribution >= 4 is 11.8 Å². The van der Waals surface area contributed by atoms with E-state index in [0.717, 1.165) is 57.4 Å². The van der Waals surface area contributed by atoms with Gasteiger partial charge in [0.15, 0.2) is 0 Å². The average molecular weight is 318 g/mol. The van der Waals surface area contributed by atoms with Crippen LogP contribution in [-0.2, 0) is 16.0 Å². The summed E-state index contributed by atoms with van der Waals surface area (Å²) in [4.78, 5) is 34.4. The Hall–Kier alpha value is -1.85. The minimum absolute atomic E-state index is 0.0359. The van der Waals surface area contributed by atoms with Crippen molar-refractivity contribution in [2.24, 2.45) is 11.8 Å². The van der Waals surface area contributed by atoms with Gasteiger partial charge in [0.2, 0.25) is 11.8 Å². The lowest BCUT2D eigenvalue weighted by Crippen LogP contribution is -2.45. The van der Waals surface area contributed by atoms with Gasteiger partial charge in [0.05, 0.1) is 0 Å². The van der Waals surface area contributed by atoms with E-state index in [2.05, 4.69) is 15.3 Å². The third-order valence-electron chi connectivity index (χ3n) is 5.05. The lowest BCUT2D eigenvalue weighted by atomic mass is 9.78. The first-order chi connectivity index (χ1) is 11.3. The van der Waals surface area contributed by atoms with Crippen LogP contribution in [-0.4, -0.2) is 46.3 Å². The summed E-state index contributed by atoms with van der Waals surface area (Å²) in [7, 11) is 0. The van der Waals surface area contributed by atoms with Gasteiger partial charge in [-0.1, -0.05) is 12.8 Å². The maximum absolute atomic E-state index is 12.7. The first kappa shape index (κ1) is 16.0. The molecule has 3 rings (SSSR count). The van der Waals surface area contributed by atoms with Crippen molar-refractivity contribution in [3.8, 4) is 0 Å². The monoisotopic (exact) mass is 318 g/mol. The molecule has 6 heteroatoms. The Morgan fingerprint density at radius 1 is 1.17 bits per heavy atom. The van der Waals surface area contributed by atoms with E-state index in [4.69, 9.17) is 0 Å². The van der Waals surface area contributed by atoms with Crippen LogP contribution in [0.15, 0.2) is 12.4 Å². The fraction of sp³-hybridized carbons (Fsp3) is 0.706. The molecule has 0 radical (unpaired) electrons. The van der Waals surface area contributed by atoms with E-state index < -0.39 is 0 Å². The van der Waals surface area contributed by atoms with Gasteiger partial charge in [-0.3, -0.25) is 9.59 Å². The fourth-order valence-electron chi connectivity index (χ4n) is 3.78. The van der Waals surface area contributed by atoms with Gasteiger partial charge in [-0.2, -0.15) is 0 Å². The lowest BCUT2D eigenvalue weighted by Gasteiger charge is -2.32. The van der Waals surface area contributed by atoms with Crippen LogP contribution >= 0.6 is 0 Å². The highest BCUT2D eigenvalue weighted by Gasteiger charge is 2.38. The van der Waals surface area contributed by atoms with E-state index in [1.807, 2.05) is 4.90 Å². The van der Waals surface area contributed by atoms with Crippen molar-refractivity contribution in [3.63, 3.8) is 0 Å². The third-order valence-corrected chi connectivity index (χ3v) is 5.05. The molecule has 2 fully saturated rings. The van der Waals surface area contributed by atoms with Gasteiger partial charge in [-0.25, -0.2) is 4.98 Å². The summed E-state index contributed by atoms with van der Waals surface area (Å²) >= 11 is 0. The molecular weight excluding hydrogens is 292 g/mol. The van der Waals surface area contributed by atoms with Crippen LogP contribution in [0.1, 0.15) is 44.3 Å². The van der Waals surface area contributed by atoms with E-state index in [-0.39, 0.29) is 23.7 Å². The molecule has 23 heavy (non-hydrogen) atoms. The third kappa shape index (κ3) is 3.92. The minimum atomic E-state index is -0.159. The van der Waals surface area contributed by atoms with Crippen LogP contribution in [0.5, 0.6) is 0 Å². The van der Waals surface area contributed by atoms with Crippen molar-refractivity contribution in [2.45, 2.75) is 44.9 Å². The highest BCUT2D eigenvalue weighted by molar-refractivity contribution is 5.88. The maximum Gasteiger partial charge on any atom is 0.226 e. The molecule has 2 amide bonds. The van der Waals surface area contributed by atoms with Crippen molar-refractivity contribution in [1.29, 1.82) is 0 Å². The standard InChI is InChI=1S/C17H26N4O2/c22-16(20-8-7-15-18-9-10-19-15)13-5-1-2-6-14(13)17(23)21-11-3-4-12-21/h9-10,13-14H,1-8,11-12H2,(H,18,19)(H,20,22)/t13-,14+/m0/s1. The first-order valence-corrected chi connectivity index (χ1v) is 8.80. The largest absolute Gasteiger partial charge is 0.355 e. The molecular formula is C17H26N4O2. The molecule has 1 aromatic heterocycles. The van der Waals surface area contributed by atoms with Gasteiger partial charge < -0.3 is 15.2 Å². The van der Waals surface area contributed by atoms with Crippen LogP contribution in [0.3, 0.4) is 0 Å². The Balaban J connectivity index is 1.54. The number of carbonyl (C=O) groups excluding carboxylic acids is 2. The summed E-state index contributed by atoms with van der Waals surface area (Å²) in [6, 6.07) is 0. The molecule has 1 saturated carbocycles. The normalized spacial score (nSPS) is 24.6. The molecule has 2 aliphatic rings. The summed E-state index contributed by atoms with van der Waals surface area (Å²) in [6.45, 7) is 2.29. The number of hydrogen-bond acceptors (Lipinski definition) is 3. The molecule has 1 aliphatic heterocycles. The Bertz CT molecular complexity index is 523. The highest BCUT2D eigenvalue weighted by Crippen LogP contribution is 2.32. The maximum atomic E-state index is 12.7. The van der Waals surface area contributed by atoms with Crippen molar-refractivity contribution in [3.05, 3.63) is 18.2 Å². The number of nitrogens with zero attached hydrogens (tertiary/aromatic N) is 2. The molecule has 0 aromatic carbocycles. The van der Waals surface area contributed by atoms with E-state index in [1.54, 1.807) is 12.4 Å². The smallest absolute Gasteiger partial charge is 0.226 e. The summed E-state index contributed by atoms with van der Waals surface area (Å²) in [5.41, 5.74) is 0. The Morgan fingerprint density at radius 3 is 2.61 bits per heavy atom. The molecule has 2 atom stereocenters. The van der Waals surface area contributed by atoms with Crippen LogP contribution in [0.25, 0.3) is 0 Å². The number of aromatic amines is 1. The van der Waals surface area contributed by atoms with Crippen molar-refractivity contribution < 1.29 is 9.59 Å². The first-order valence-electron chi connectivity index (χ1n) is 8.80. The zero-order chi connectivity index (χ0) is 16.1. The molecule has 2 heterocycles. The second kappa shape index (κ2) is 7.62. The topological polar surface area (TPSA) is 78.1 Å². The molecule has 0 spiro atoms. The molecule has 126 valence electrons. The number of rotatable bonds is 5. The quantitative estimate of drug-likeness (QED) is 0.863. The predicted octanol–water partition coefficient (Wildman–Crippen LogP) is 1.50. The number of hydrogen-bond donors (Lipinski definition) is 2. The fourth-order valence-corrected chi connectivity index (χ4v) is 3.78. The summed E-state index contributed by atoms with van der Waals surface area (Å²) in [6.07, 6.45) is 10.2. The van der Waals surface area contributed by atoms with Crippen molar-refractivity contribution in [2.75, 3.05) is 19.6 Å². The molecule has 1 aliphatic carbocycles. The van der Waals surface area contributed by atoms with Gasteiger partial charge in [0.1, 0.15) is 5.82 Å². The second-order valence-corrected chi connectivity index (χ2v) is 6.61. The van der Waals surface area contributed by atoms with Gasteiger partial charge in [-0.15, -0.1) is 0 Å². The molecule has 2 N–H and O–H groups in total. The van der Waals surface area contributed by atoms with Gasteiger partial charge in [-0.05, 0) is 25.7 Å². The minimum Gasteiger partial charge on any atom is -0.355 e. The van der Waals surface area contributed by atoms with Gasteiger partial charge >= 0.3 is 0 Å². The SMILES string of the molecule is O=C(NCCc1ncc[nH]1)[C@H]1CCCC[C@H]1C(=O)N1CCCC1. The number of H-pyrrole nitrogens is 1. The van der Waals surface area contributed by atoms with E-state index >= 15 is 0 Å². The van der Waals surface area contributed by atoms with Crippen LogP contribution < -0.4 is 5.32 Å². The molecule has 0 unspecified atom stereocenters. The molecule has 6 nitrogen and oxygen atoms in total. The lowest BCUT2D eigenvalue weighted by molar-refractivity contribution is -0.142. The number of amides is 2. The predicted molar refractivity (Wildman–Crippen MR) is 86.6 cm³/mol. The zero-order valence-corrected chi connectivity index (χ0v) is 13.6. The Kier molecular flexibility index (Phi) is 5.31. The number of carbonyl (C=O) groups is 2. The number of likely N-dealkylation sites (tertiary alicyclic amines) is 1. The van der Waals surface area contributed by atoms with Crippen molar-refractivity contribution in [1.82, 2.24) is 20.2 Å². The second-order valence-electron chi connectivity index (χ2n) is 6.61. The summed E-state index contributed by atoms with van der Waals surface area (Å²) in [5, 5.41) is 3.00. The van der Waals surface area contributed by atoms with Crippen LogP contribution in [0.2, 0.25) is 0 Å². The van der Waals surface area contributed by atoms with E-state index in [9.17, 15) is 9.59 Å². The number of nitrogens with one attached hydrogen (secondary N) is 2. The molecule has 1 aromatic rings. The van der Waals surface area contributed by atoms with Gasteiger partial charge in [0, 0.05) is 50.3 Å². The summed E-state index contributed by atoms with van der Waals surface area (Å²) in [5.74, 6) is 0.833. The number of aromatic nitrogens is 2. The van der Waals surface area contributed by atoms with Crippen LogP contribution in [0, 0.1) is 11.8 Å². The van der Waals surface area contributed by atoms with Crippen LogP contribution in [0.4, 0.5) is 0 Å². The molecule has 1 saturated heterocycles. The highest BCUT2D eigenvalue weighted by atomic mass is 16.2. The Labute approximate surface area is 137 Å². The van der Waals surface area contributed by atoms with E-state index in [1.165, 1.54) is 0 Å². The Morgan fingerprint density at radius 2 is 1.91 bits per heavy atom. The van der Waals surface area contributed by atoms with E-state index in [0.29, 0.717) is 13.0 Å². The molecule has 0 bridgehead atoms. The zero-order valence-electron chi connectivity index (χ0n) is 13.6. The number of imidazole rings is 1. The average Bonchev–Trinajstić information content (AvgIpc) is 3.27.